The largest absolute Gasteiger partial charge is 1.00 e. The second kappa shape index (κ2) is 42.8. The third-order valence-corrected chi connectivity index (χ3v) is 0.1000. The molecule has 0 amide bonds. The Hall–Kier alpha value is 0.270. The number of hydrogen-bond donors (Lipinski definition) is 2. The number of carboxylic acids is 1. The quantitative estimate of drug-likeness (QED) is 0.398. The predicted octanol–water partition coefficient (Wildman–Crippen LogP) is -7.74. The van der Waals surface area contributed by atoms with Gasteiger partial charge in [-0.15, -0.1) is 0 Å². The summed E-state index contributed by atoms with van der Waals surface area (Å²) < 4.78 is 0. The van der Waals surface area contributed by atoms with E-state index in [-0.39, 0.29) is 59.2 Å². The first-order valence-corrected chi connectivity index (χ1v) is 2.04. The summed E-state index contributed by atoms with van der Waals surface area (Å²) in [7, 11) is 0. The van der Waals surface area contributed by atoms with Gasteiger partial charge in [0.25, 0.3) is 0 Å². The van der Waals surface area contributed by atoms with Crippen LogP contribution in [-0.4, -0.2) is 45.8 Å². The number of rotatable bonds is 1. The molecule has 0 aliphatic heterocycles. The van der Waals surface area contributed by atoms with Crippen LogP contribution in [0.4, 0.5) is 0 Å². The minimum Gasteiger partial charge on any atom is -0.550 e. The summed E-state index contributed by atoms with van der Waals surface area (Å²) in [4.78, 5) is 8.89. The van der Waals surface area contributed by atoms with Gasteiger partial charge in [-0.3, -0.25) is 0 Å². The van der Waals surface area contributed by atoms with E-state index in [4.69, 9.17) is 20.1 Å². The fourth-order valence-corrected chi connectivity index (χ4v) is 0. The summed E-state index contributed by atoms with van der Waals surface area (Å²) >= 11 is 0. The van der Waals surface area contributed by atoms with Crippen LogP contribution < -0.4 is 34.7 Å². The van der Waals surface area contributed by atoms with Crippen LogP contribution in [0.15, 0.2) is 0 Å². The number of aliphatic carboxylic acids is 1. The molecular formula is C4H15NaO7. The summed E-state index contributed by atoms with van der Waals surface area (Å²) in [6.07, 6.45) is 0. The molecule has 0 spiro atoms. The molecule has 0 bridgehead atoms. The second-order valence-electron chi connectivity index (χ2n) is 0.939. The van der Waals surface area contributed by atoms with Gasteiger partial charge in [0, 0.05) is 5.97 Å². The number of carboxylic acid groups (broad SMARTS) is 1. The van der Waals surface area contributed by atoms with E-state index in [9.17, 15) is 0 Å². The fourth-order valence-electron chi connectivity index (χ4n) is 0. The second-order valence-corrected chi connectivity index (χ2v) is 0.939. The molecule has 7 nitrogen and oxygen atoms in total. The number of carbonyl (C=O) groups excluding carboxylic acids is 1. The van der Waals surface area contributed by atoms with Gasteiger partial charge in [-0.05, 0) is 6.92 Å². The minimum atomic E-state index is -1.08. The van der Waals surface area contributed by atoms with E-state index in [0.29, 0.717) is 0 Å². The van der Waals surface area contributed by atoms with Gasteiger partial charge in [-0.25, -0.2) is 0 Å². The van der Waals surface area contributed by atoms with Gasteiger partial charge in [0.15, 0.2) is 0 Å². The summed E-state index contributed by atoms with van der Waals surface area (Å²) in [6, 6.07) is 0. The minimum absolute atomic E-state index is 0. The van der Waals surface area contributed by atoms with Crippen molar-refractivity contribution < 1.29 is 66.1 Å². The maximum atomic E-state index is 8.89. The van der Waals surface area contributed by atoms with E-state index >= 15 is 0 Å². The van der Waals surface area contributed by atoms with E-state index in [1.54, 1.807) is 0 Å². The fraction of sp³-hybridized carbons (Fsp3) is 0.750. The van der Waals surface area contributed by atoms with E-state index in [1.165, 1.54) is 0 Å². The molecule has 74 valence electrons. The Morgan fingerprint density at radius 1 is 1.17 bits per heavy atom. The SMILES string of the molecule is CC(=O)[O-].O.O.O.OCCO.[Na+]. The molecule has 12 heavy (non-hydrogen) atoms. The van der Waals surface area contributed by atoms with Crippen LogP contribution >= 0.6 is 0 Å². The topological polar surface area (TPSA) is 175 Å². The van der Waals surface area contributed by atoms with Crippen molar-refractivity contribution in [3.05, 3.63) is 0 Å². The molecule has 0 aromatic rings. The molecule has 0 saturated carbocycles. The number of aliphatic hydroxyl groups is 2. The molecule has 0 aromatic heterocycles. The molecule has 0 aromatic carbocycles. The first-order valence-electron chi connectivity index (χ1n) is 2.04. The smallest absolute Gasteiger partial charge is 0.550 e. The van der Waals surface area contributed by atoms with Crippen LogP contribution in [0.5, 0.6) is 0 Å². The molecule has 0 rings (SSSR count). The van der Waals surface area contributed by atoms with Crippen molar-refractivity contribution >= 4 is 5.97 Å². The van der Waals surface area contributed by atoms with Crippen molar-refractivity contribution in [3.63, 3.8) is 0 Å². The Labute approximate surface area is 92.2 Å². The zero-order chi connectivity index (χ0) is 6.99. The molecule has 0 radical (unpaired) electrons. The molecule has 0 aliphatic carbocycles. The van der Waals surface area contributed by atoms with E-state index in [0.717, 1.165) is 6.92 Å². The Morgan fingerprint density at radius 3 is 1.25 bits per heavy atom. The van der Waals surface area contributed by atoms with Crippen molar-refractivity contribution in [2.75, 3.05) is 13.2 Å². The normalized spacial score (nSPS) is 4.58. The summed E-state index contributed by atoms with van der Waals surface area (Å²) in [5, 5.41) is 24.1. The summed E-state index contributed by atoms with van der Waals surface area (Å²) in [5.41, 5.74) is 0. The van der Waals surface area contributed by atoms with Gasteiger partial charge in [0.05, 0.1) is 13.2 Å². The van der Waals surface area contributed by atoms with Crippen LogP contribution in [-0.2, 0) is 4.79 Å². The van der Waals surface area contributed by atoms with Gasteiger partial charge in [0.1, 0.15) is 0 Å². The number of aliphatic hydroxyl groups excluding tert-OH is 2. The summed E-state index contributed by atoms with van der Waals surface area (Å²) in [6.45, 7) is 0.722. The average Bonchev–Trinajstić information content (AvgIpc) is 1.65. The van der Waals surface area contributed by atoms with Gasteiger partial charge < -0.3 is 36.5 Å². The first kappa shape index (κ1) is 39.6. The van der Waals surface area contributed by atoms with Gasteiger partial charge >= 0.3 is 29.6 Å². The molecule has 0 atom stereocenters. The Bertz CT molecular complexity index is 53.4. The number of carbonyl (C=O) groups is 1. The number of hydrogen-bond acceptors (Lipinski definition) is 4. The molecule has 0 fully saturated rings. The Morgan fingerprint density at radius 2 is 1.25 bits per heavy atom. The molecule has 0 unspecified atom stereocenters. The van der Waals surface area contributed by atoms with Crippen LogP contribution in [0.2, 0.25) is 0 Å². The Kier molecular flexibility index (Phi) is 141. The third-order valence-electron chi connectivity index (χ3n) is 0.1000. The van der Waals surface area contributed by atoms with E-state index in [1.807, 2.05) is 0 Å². The van der Waals surface area contributed by atoms with Crippen molar-refractivity contribution in [2.45, 2.75) is 6.92 Å². The van der Waals surface area contributed by atoms with Crippen molar-refractivity contribution in [3.8, 4) is 0 Å². The van der Waals surface area contributed by atoms with Crippen molar-refractivity contribution in [2.24, 2.45) is 0 Å². The molecule has 0 saturated heterocycles. The maximum absolute atomic E-state index is 8.89. The standard InChI is InChI=1S/C2H4O2.C2H6O2.Na.3H2O/c1-2(3)4;3-1-2-4;;;;/h1H3,(H,3,4);3-4H,1-2H2;;3*1H2/q;;+1;;;/p-1. The van der Waals surface area contributed by atoms with Crippen LogP contribution in [0.3, 0.4) is 0 Å². The van der Waals surface area contributed by atoms with Crippen LogP contribution in [0, 0.1) is 0 Å². The molecule has 8 heteroatoms. The van der Waals surface area contributed by atoms with Crippen LogP contribution in [0.1, 0.15) is 6.92 Å². The van der Waals surface area contributed by atoms with Crippen LogP contribution in [0.25, 0.3) is 0 Å². The maximum Gasteiger partial charge on any atom is 1.00 e. The molecule has 0 heterocycles. The van der Waals surface area contributed by atoms with Gasteiger partial charge in [-0.1, -0.05) is 0 Å². The molecule has 8 N–H and O–H groups in total. The van der Waals surface area contributed by atoms with E-state index < -0.39 is 5.97 Å². The molecular weight excluding hydrogens is 183 g/mol. The molecule has 0 aliphatic rings. The Balaban J connectivity index is -0.0000000112. The predicted molar refractivity (Wildman–Crippen MR) is 35.7 cm³/mol. The zero-order valence-corrected chi connectivity index (χ0v) is 9.13. The zero-order valence-electron chi connectivity index (χ0n) is 7.13. The van der Waals surface area contributed by atoms with Crippen molar-refractivity contribution in [1.82, 2.24) is 0 Å². The van der Waals surface area contributed by atoms with Gasteiger partial charge in [0.2, 0.25) is 0 Å². The summed E-state index contributed by atoms with van der Waals surface area (Å²) in [5.74, 6) is -1.08. The van der Waals surface area contributed by atoms with Crippen molar-refractivity contribution in [1.29, 1.82) is 0 Å². The average molecular weight is 198 g/mol. The van der Waals surface area contributed by atoms with Gasteiger partial charge in [-0.2, -0.15) is 0 Å². The first-order chi connectivity index (χ1) is 3.65. The third kappa shape index (κ3) is 547. The van der Waals surface area contributed by atoms with E-state index in [2.05, 4.69) is 0 Å². The monoisotopic (exact) mass is 198 g/mol.